The molecule has 5 aromatic carbocycles. The average molecular weight is 775 g/mol. The zero-order chi connectivity index (χ0) is 38.9. The molecule has 0 bridgehead atoms. The van der Waals surface area contributed by atoms with Crippen molar-refractivity contribution >= 4 is 42.4 Å². The first-order valence-corrected chi connectivity index (χ1v) is 23.5. The third-order valence-corrected chi connectivity index (χ3v) is 17.6. The van der Waals surface area contributed by atoms with E-state index >= 15 is 0 Å². The Morgan fingerprint density at radius 1 is 0.536 bits per heavy atom. The van der Waals surface area contributed by atoms with Gasteiger partial charge in [-0.15, -0.1) is 0 Å². The number of para-hydroxylation sites is 2. The van der Waals surface area contributed by atoms with Gasteiger partial charge < -0.3 is 9.47 Å². The summed E-state index contributed by atoms with van der Waals surface area (Å²) in [4.78, 5) is 0. The SMILES string of the molecule is CC1=CC(P(c2cc(C)cc(C)c2)c2cccc3c2O[C@]24Oc5c(cccc5P(c5cc(C)cc(C)c5)c5cc(C)cc(C)c5)C[C@H]2CCC[C@@H]4C3)CC(C)=C1. The summed E-state index contributed by atoms with van der Waals surface area (Å²) in [6, 6.07) is 35.5. The Kier molecular flexibility index (Phi) is 9.92. The Morgan fingerprint density at radius 3 is 1.50 bits per heavy atom. The topological polar surface area (TPSA) is 18.5 Å². The second-order valence-corrected chi connectivity index (χ2v) is 22.2. The van der Waals surface area contributed by atoms with Gasteiger partial charge in [0, 0.05) is 28.1 Å². The molecule has 0 N–H and O–H groups in total. The molecule has 1 spiro atoms. The lowest BCUT2D eigenvalue weighted by molar-refractivity contribution is -0.225. The molecule has 2 aliphatic carbocycles. The van der Waals surface area contributed by atoms with Gasteiger partial charge in [-0.25, -0.2) is 0 Å². The van der Waals surface area contributed by atoms with E-state index in [-0.39, 0.29) is 0 Å². The maximum absolute atomic E-state index is 7.81. The highest BCUT2D eigenvalue weighted by Gasteiger charge is 2.58. The molecule has 2 aliphatic heterocycles. The van der Waals surface area contributed by atoms with Crippen molar-refractivity contribution in [1.29, 1.82) is 0 Å². The van der Waals surface area contributed by atoms with E-state index in [1.807, 2.05) is 0 Å². The number of hydrogen-bond acceptors (Lipinski definition) is 2. The van der Waals surface area contributed by atoms with Gasteiger partial charge in [-0.3, -0.25) is 0 Å². The molecule has 0 radical (unpaired) electrons. The maximum Gasteiger partial charge on any atom is 0.257 e. The second-order valence-electron chi connectivity index (χ2n) is 17.6. The molecule has 1 saturated carbocycles. The highest BCUT2D eigenvalue weighted by Crippen LogP contribution is 2.56. The minimum atomic E-state index is -0.890. The highest BCUT2D eigenvalue weighted by molar-refractivity contribution is 7.80. The fraction of sp³-hybridized carbons (Fsp3) is 0.346. The minimum absolute atomic E-state index is 0.299. The van der Waals surface area contributed by atoms with Gasteiger partial charge in [-0.05, 0) is 130 Å². The molecule has 0 aromatic heterocycles. The van der Waals surface area contributed by atoms with E-state index in [1.165, 1.54) is 88.6 Å². The Hall–Kier alpha value is -3.96. The van der Waals surface area contributed by atoms with Crippen LogP contribution in [0.25, 0.3) is 0 Å². The van der Waals surface area contributed by atoms with Crippen LogP contribution in [-0.4, -0.2) is 11.4 Å². The van der Waals surface area contributed by atoms with Gasteiger partial charge in [0.1, 0.15) is 11.5 Å². The van der Waals surface area contributed by atoms with Crippen LogP contribution in [0.1, 0.15) is 84.0 Å². The van der Waals surface area contributed by atoms with Crippen LogP contribution >= 0.6 is 15.8 Å². The summed E-state index contributed by atoms with van der Waals surface area (Å²) < 4.78 is 15.6. The van der Waals surface area contributed by atoms with Crippen molar-refractivity contribution in [3.8, 4) is 11.5 Å². The predicted molar refractivity (Wildman–Crippen MR) is 241 cm³/mol. The lowest BCUT2D eigenvalue weighted by Gasteiger charge is -2.54. The van der Waals surface area contributed by atoms with Crippen molar-refractivity contribution in [3.05, 3.63) is 159 Å². The fourth-order valence-corrected chi connectivity index (χ4v) is 16.7. The van der Waals surface area contributed by atoms with Gasteiger partial charge in [-0.2, -0.15) is 0 Å². The summed E-state index contributed by atoms with van der Waals surface area (Å²) in [7, 11) is -1.65. The number of ether oxygens (including phenoxy) is 2. The van der Waals surface area contributed by atoms with E-state index in [2.05, 4.69) is 159 Å². The second kappa shape index (κ2) is 14.8. The van der Waals surface area contributed by atoms with Crippen LogP contribution in [-0.2, 0) is 12.8 Å². The number of rotatable bonds is 6. The largest absolute Gasteiger partial charge is 0.451 e. The molecule has 4 heteroatoms. The molecule has 1 fully saturated rings. The molecule has 286 valence electrons. The van der Waals surface area contributed by atoms with Gasteiger partial charge in [0.25, 0.3) is 5.79 Å². The van der Waals surface area contributed by atoms with Crippen LogP contribution in [0.5, 0.6) is 11.5 Å². The van der Waals surface area contributed by atoms with Crippen molar-refractivity contribution in [3.63, 3.8) is 0 Å². The zero-order valence-corrected chi connectivity index (χ0v) is 36.3. The van der Waals surface area contributed by atoms with E-state index < -0.39 is 21.6 Å². The monoisotopic (exact) mass is 774 g/mol. The number of hydrogen-bond donors (Lipinski definition) is 0. The van der Waals surface area contributed by atoms with Crippen LogP contribution in [0.2, 0.25) is 0 Å². The first kappa shape index (κ1) is 37.6. The lowest BCUT2D eigenvalue weighted by Crippen LogP contribution is -2.62. The van der Waals surface area contributed by atoms with Gasteiger partial charge in [-0.1, -0.05) is 154 Å². The lowest BCUT2D eigenvalue weighted by atomic mass is 9.68. The van der Waals surface area contributed by atoms with Crippen molar-refractivity contribution in [2.75, 3.05) is 0 Å². The third-order valence-electron chi connectivity index (χ3n) is 12.6. The molecule has 5 aromatic rings. The fourth-order valence-electron chi connectivity index (χ4n) is 10.6. The minimum Gasteiger partial charge on any atom is -0.451 e. The third kappa shape index (κ3) is 6.90. The zero-order valence-electron chi connectivity index (χ0n) is 34.5. The number of fused-ring (bicyclic) bond motifs is 2. The van der Waals surface area contributed by atoms with E-state index in [0.717, 1.165) is 43.6 Å². The standard InChI is InChI=1S/C52H56O2P2/c1-32-18-33(2)23-44(22-32)55(45-24-34(3)19-35(4)25-45)48-16-9-12-40-30-42-14-11-15-43-31-41-13-10-17-49(51(41)54-52(42,43)53-50(40)48)56(46-26-36(5)20-37(6)27-46)47-28-38(7)21-39(8)29-47/h9-10,12-13,16-28,42-43,47H,11,14-15,29-31H2,1-8H3/t42-,43-,47?,52-,56?/m1/s1. The molecular weight excluding hydrogens is 719 g/mol. The summed E-state index contributed by atoms with van der Waals surface area (Å²) in [5.41, 5.74) is 13.8. The van der Waals surface area contributed by atoms with Crippen molar-refractivity contribution in [2.24, 2.45) is 11.8 Å². The Balaban J connectivity index is 1.20. The predicted octanol–water partition coefficient (Wildman–Crippen LogP) is 11.1. The number of benzene rings is 5. The first-order chi connectivity index (χ1) is 26.9. The Morgan fingerprint density at radius 2 is 1.00 bits per heavy atom. The highest BCUT2D eigenvalue weighted by atomic mass is 31.1. The molecule has 0 saturated heterocycles. The van der Waals surface area contributed by atoms with Crippen LogP contribution < -0.4 is 36.0 Å². The molecule has 0 amide bonds. The number of allylic oxidation sites excluding steroid dienone is 4. The van der Waals surface area contributed by atoms with E-state index in [9.17, 15) is 0 Å². The van der Waals surface area contributed by atoms with E-state index in [1.54, 1.807) is 0 Å². The van der Waals surface area contributed by atoms with Crippen molar-refractivity contribution in [1.82, 2.24) is 0 Å². The van der Waals surface area contributed by atoms with Gasteiger partial charge in [0.05, 0.1) is 0 Å². The van der Waals surface area contributed by atoms with Crippen LogP contribution in [0.4, 0.5) is 0 Å². The van der Waals surface area contributed by atoms with Gasteiger partial charge >= 0.3 is 0 Å². The van der Waals surface area contributed by atoms with Gasteiger partial charge in [0.15, 0.2) is 0 Å². The van der Waals surface area contributed by atoms with Crippen LogP contribution in [0.15, 0.2) is 114 Å². The summed E-state index contributed by atoms with van der Waals surface area (Å²) >= 11 is 0. The van der Waals surface area contributed by atoms with Crippen LogP contribution in [0, 0.1) is 53.4 Å². The average Bonchev–Trinajstić information content (AvgIpc) is 3.11. The maximum atomic E-state index is 7.81. The summed E-state index contributed by atoms with van der Waals surface area (Å²) in [5, 5.41) is 6.91. The molecule has 5 atom stereocenters. The Bertz CT molecular complexity index is 2310. The molecule has 2 nitrogen and oxygen atoms in total. The van der Waals surface area contributed by atoms with Crippen LogP contribution in [0.3, 0.4) is 0 Å². The Labute approximate surface area is 338 Å². The molecular formula is C52H56O2P2. The summed E-state index contributed by atoms with van der Waals surface area (Å²) in [5.74, 6) is 2.07. The molecule has 4 aliphatic rings. The molecule has 56 heavy (non-hydrogen) atoms. The first-order valence-electron chi connectivity index (χ1n) is 20.8. The van der Waals surface area contributed by atoms with E-state index in [4.69, 9.17) is 9.47 Å². The molecule has 2 heterocycles. The summed E-state index contributed by atoms with van der Waals surface area (Å²) in [6.07, 6.45) is 11.4. The van der Waals surface area contributed by atoms with Crippen molar-refractivity contribution < 1.29 is 9.47 Å². The quantitative estimate of drug-likeness (QED) is 0.160. The summed E-state index contributed by atoms with van der Waals surface area (Å²) in [6.45, 7) is 18.0. The van der Waals surface area contributed by atoms with Crippen molar-refractivity contribution in [2.45, 2.75) is 105 Å². The normalized spacial score (nSPS) is 23.1. The number of aryl methyl sites for hydroxylation is 6. The van der Waals surface area contributed by atoms with Gasteiger partial charge in [0.2, 0.25) is 0 Å². The smallest absolute Gasteiger partial charge is 0.257 e. The molecule has 2 unspecified atom stereocenters. The molecule has 9 rings (SSSR count). The van der Waals surface area contributed by atoms with E-state index in [0.29, 0.717) is 17.5 Å².